The zero-order valence-electron chi connectivity index (χ0n) is 15.4. The Morgan fingerprint density at radius 1 is 1.00 bits per heavy atom. The fourth-order valence-corrected chi connectivity index (χ4v) is 4.11. The molecule has 2 aromatic heterocycles. The molecule has 0 aliphatic rings. The van der Waals surface area contributed by atoms with Crippen molar-refractivity contribution in [2.45, 2.75) is 17.7 Å². The van der Waals surface area contributed by atoms with Crippen molar-refractivity contribution in [2.75, 3.05) is 0 Å². The van der Waals surface area contributed by atoms with E-state index in [1.54, 1.807) is 18.0 Å². The van der Waals surface area contributed by atoms with Gasteiger partial charge in [-0.2, -0.15) is 5.26 Å². The molecule has 0 saturated carbocycles. The van der Waals surface area contributed by atoms with Crippen molar-refractivity contribution in [2.24, 2.45) is 0 Å². The number of rotatable bonds is 5. The van der Waals surface area contributed by atoms with Crippen molar-refractivity contribution in [1.29, 1.82) is 5.26 Å². The van der Waals surface area contributed by atoms with Crippen LogP contribution in [0, 0.1) is 18.3 Å². The second-order valence-electron chi connectivity index (χ2n) is 6.41. The van der Waals surface area contributed by atoms with Gasteiger partial charge in [0.05, 0.1) is 17.5 Å². The van der Waals surface area contributed by atoms with E-state index in [1.165, 1.54) is 11.1 Å². The van der Waals surface area contributed by atoms with Crippen molar-refractivity contribution in [1.82, 2.24) is 4.98 Å². The third kappa shape index (κ3) is 3.71. The lowest BCUT2D eigenvalue weighted by atomic mass is 10.0. The summed E-state index contributed by atoms with van der Waals surface area (Å²) in [4.78, 5) is 4.83. The third-order valence-electron chi connectivity index (χ3n) is 4.58. The van der Waals surface area contributed by atoms with Crippen LogP contribution in [-0.4, -0.2) is 4.98 Å². The lowest BCUT2D eigenvalue weighted by molar-refractivity contribution is 0.582. The number of aromatic nitrogens is 1. The second-order valence-corrected chi connectivity index (χ2v) is 7.37. The highest BCUT2D eigenvalue weighted by Gasteiger charge is 2.17. The number of nitriles is 1. The van der Waals surface area contributed by atoms with Gasteiger partial charge in [-0.05, 0) is 36.2 Å². The standard InChI is InChI=1S/C24H18N2OS/c1-17-8-5-6-11-19(17)16-28-24-21(15-25)20(23-12-7-13-27-23)14-22(26-24)18-9-3-2-4-10-18/h2-14H,16H2,1H3. The van der Waals surface area contributed by atoms with Gasteiger partial charge in [0.1, 0.15) is 16.9 Å². The molecule has 0 radical (unpaired) electrons. The summed E-state index contributed by atoms with van der Waals surface area (Å²) in [5.41, 5.74) is 5.64. The third-order valence-corrected chi connectivity index (χ3v) is 5.60. The maximum atomic E-state index is 9.87. The normalized spacial score (nSPS) is 10.6. The molecule has 28 heavy (non-hydrogen) atoms. The highest BCUT2D eigenvalue weighted by molar-refractivity contribution is 7.98. The first-order valence-corrected chi connectivity index (χ1v) is 9.96. The molecule has 0 aliphatic heterocycles. The van der Waals surface area contributed by atoms with Crippen molar-refractivity contribution in [3.63, 3.8) is 0 Å². The van der Waals surface area contributed by atoms with Gasteiger partial charge in [0.15, 0.2) is 0 Å². The van der Waals surface area contributed by atoms with Gasteiger partial charge in [-0.25, -0.2) is 4.98 Å². The zero-order chi connectivity index (χ0) is 19.3. The van der Waals surface area contributed by atoms with Crippen molar-refractivity contribution < 1.29 is 4.42 Å². The largest absolute Gasteiger partial charge is 0.464 e. The first kappa shape index (κ1) is 18.1. The minimum absolute atomic E-state index is 0.549. The highest BCUT2D eigenvalue weighted by Crippen LogP contribution is 2.35. The number of benzene rings is 2. The Bertz CT molecular complexity index is 1130. The monoisotopic (exact) mass is 382 g/mol. The Kier molecular flexibility index (Phi) is 5.27. The average Bonchev–Trinajstić information content (AvgIpc) is 3.28. The van der Waals surface area contributed by atoms with Crippen LogP contribution in [0.3, 0.4) is 0 Å². The van der Waals surface area contributed by atoms with E-state index in [4.69, 9.17) is 9.40 Å². The SMILES string of the molecule is Cc1ccccc1CSc1nc(-c2ccccc2)cc(-c2ccco2)c1C#N. The first-order chi connectivity index (χ1) is 13.8. The summed E-state index contributed by atoms with van der Waals surface area (Å²) in [5.74, 6) is 1.43. The topological polar surface area (TPSA) is 49.8 Å². The molecular weight excluding hydrogens is 364 g/mol. The molecule has 0 amide bonds. The van der Waals surface area contributed by atoms with Gasteiger partial charge in [-0.3, -0.25) is 0 Å². The summed E-state index contributed by atoms with van der Waals surface area (Å²) in [6.45, 7) is 2.10. The Balaban J connectivity index is 1.81. The predicted octanol–water partition coefficient (Wildman–Crippen LogP) is 6.48. The smallest absolute Gasteiger partial charge is 0.135 e. The molecule has 0 spiro atoms. The fourth-order valence-electron chi connectivity index (χ4n) is 3.04. The number of hydrogen-bond donors (Lipinski definition) is 0. The Morgan fingerprint density at radius 3 is 2.50 bits per heavy atom. The molecule has 2 aromatic carbocycles. The zero-order valence-corrected chi connectivity index (χ0v) is 16.2. The average molecular weight is 382 g/mol. The van der Waals surface area contributed by atoms with E-state index < -0.39 is 0 Å². The van der Waals surface area contributed by atoms with Crippen LogP contribution in [0.4, 0.5) is 0 Å². The Hall–Kier alpha value is -3.29. The summed E-state index contributed by atoms with van der Waals surface area (Å²) >= 11 is 1.58. The molecule has 0 bridgehead atoms. The maximum absolute atomic E-state index is 9.87. The summed E-state index contributed by atoms with van der Waals surface area (Å²) in [6, 6.07) is 26.3. The van der Waals surface area contributed by atoms with E-state index >= 15 is 0 Å². The van der Waals surface area contributed by atoms with Crippen LogP contribution in [-0.2, 0) is 5.75 Å². The molecule has 0 unspecified atom stereocenters. The van der Waals surface area contributed by atoms with Gasteiger partial charge in [-0.1, -0.05) is 54.6 Å². The van der Waals surface area contributed by atoms with Crippen molar-refractivity contribution in [3.8, 4) is 28.7 Å². The molecule has 4 heteroatoms. The van der Waals surface area contributed by atoms with Crippen molar-refractivity contribution in [3.05, 3.63) is 95.7 Å². The quantitative estimate of drug-likeness (QED) is 0.371. The van der Waals surface area contributed by atoms with E-state index in [9.17, 15) is 5.26 Å². The molecule has 0 fully saturated rings. The molecule has 136 valence electrons. The van der Waals surface area contributed by atoms with Gasteiger partial charge in [0.2, 0.25) is 0 Å². The van der Waals surface area contributed by atoms with Crippen LogP contribution in [0.15, 0.2) is 88.5 Å². The van der Waals surface area contributed by atoms with E-state index in [1.807, 2.05) is 60.7 Å². The van der Waals surface area contributed by atoms with Crippen LogP contribution in [0.25, 0.3) is 22.6 Å². The fraction of sp³-hybridized carbons (Fsp3) is 0.0833. The minimum atomic E-state index is 0.549. The first-order valence-electron chi connectivity index (χ1n) is 8.98. The van der Waals surface area contributed by atoms with E-state index in [0.29, 0.717) is 11.3 Å². The second kappa shape index (κ2) is 8.16. The number of nitrogens with zero attached hydrogens (tertiary/aromatic N) is 2. The summed E-state index contributed by atoms with van der Waals surface area (Å²) < 4.78 is 5.60. The van der Waals surface area contributed by atoms with Crippen LogP contribution >= 0.6 is 11.8 Å². The van der Waals surface area contributed by atoms with Gasteiger partial charge in [0, 0.05) is 16.9 Å². The molecule has 0 N–H and O–H groups in total. The molecule has 3 nitrogen and oxygen atoms in total. The lowest BCUT2D eigenvalue weighted by Gasteiger charge is -2.12. The summed E-state index contributed by atoms with van der Waals surface area (Å²) in [5, 5.41) is 10.6. The van der Waals surface area contributed by atoms with Gasteiger partial charge < -0.3 is 4.42 Å². The minimum Gasteiger partial charge on any atom is -0.464 e. The van der Waals surface area contributed by atoms with Crippen LogP contribution in [0.5, 0.6) is 0 Å². The Labute approximate surface area is 168 Å². The van der Waals surface area contributed by atoms with E-state index in [2.05, 4.69) is 25.1 Å². The van der Waals surface area contributed by atoms with Crippen LogP contribution in [0.2, 0.25) is 0 Å². The van der Waals surface area contributed by atoms with Crippen LogP contribution in [0.1, 0.15) is 16.7 Å². The Morgan fingerprint density at radius 2 is 1.79 bits per heavy atom. The number of furan rings is 1. The van der Waals surface area contributed by atoms with E-state index in [-0.39, 0.29) is 0 Å². The summed E-state index contributed by atoms with van der Waals surface area (Å²) in [7, 11) is 0. The number of aryl methyl sites for hydroxylation is 1. The van der Waals surface area contributed by atoms with E-state index in [0.717, 1.165) is 27.6 Å². The van der Waals surface area contributed by atoms with Gasteiger partial charge in [-0.15, -0.1) is 11.8 Å². The maximum Gasteiger partial charge on any atom is 0.135 e. The lowest BCUT2D eigenvalue weighted by Crippen LogP contribution is -1.96. The molecule has 4 aromatic rings. The van der Waals surface area contributed by atoms with Gasteiger partial charge >= 0.3 is 0 Å². The number of hydrogen-bond acceptors (Lipinski definition) is 4. The van der Waals surface area contributed by atoms with Gasteiger partial charge in [0.25, 0.3) is 0 Å². The predicted molar refractivity (Wildman–Crippen MR) is 113 cm³/mol. The summed E-state index contributed by atoms with van der Waals surface area (Å²) in [6.07, 6.45) is 1.62. The number of thioether (sulfide) groups is 1. The molecular formula is C24H18N2OS. The van der Waals surface area contributed by atoms with Crippen molar-refractivity contribution >= 4 is 11.8 Å². The number of pyridine rings is 1. The highest BCUT2D eigenvalue weighted by atomic mass is 32.2. The van der Waals surface area contributed by atoms with Crippen LogP contribution < -0.4 is 0 Å². The molecule has 4 rings (SSSR count). The molecule has 2 heterocycles. The molecule has 0 atom stereocenters. The molecule has 0 aliphatic carbocycles. The molecule has 0 saturated heterocycles.